The van der Waals surface area contributed by atoms with E-state index in [1.54, 1.807) is 0 Å². The Balaban J connectivity index is 1.57. The lowest BCUT2D eigenvalue weighted by atomic mass is 10.1. The fraction of sp³-hybridized carbons (Fsp3) is 0.526. The smallest absolute Gasteiger partial charge is 0.305 e. The molecule has 1 aromatic heterocycles. The average molecular weight is 359 g/mol. The molecule has 3 rings (SSSR count). The van der Waals surface area contributed by atoms with Crippen molar-refractivity contribution in [2.45, 2.75) is 32.2 Å². The maximum absolute atomic E-state index is 11.4. The van der Waals surface area contributed by atoms with E-state index in [2.05, 4.69) is 15.0 Å². The molecule has 0 saturated carbocycles. The molecule has 0 unspecified atom stereocenters. The van der Waals surface area contributed by atoms with Gasteiger partial charge in [-0.05, 0) is 26.3 Å². The number of rotatable bonds is 8. The lowest BCUT2D eigenvalue weighted by molar-refractivity contribution is -0.143. The Kier molecular flexibility index (Phi) is 6.74. The van der Waals surface area contributed by atoms with Gasteiger partial charge in [-0.15, -0.1) is 0 Å². The molecule has 0 aliphatic carbocycles. The fourth-order valence-electron chi connectivity index (χ4n) is 3.03. The van der Waals surface area contributed by atoms with Crippen LogP contribution >= 0.6 is 0 Å². The molecule has 1 saturated heterocycles. The third-order valence-corrected chi connectivity index (χ3v) is 4.38. The lowest BCUT2D eigenvalue weighted by Crippen LogP contribution is -2.40. The highest BCUT2D eigenvalue weighted by Crippen LogP contribution is 2.25. The summed E-state index contributed by atoms with van der Waals surface area (Å²) in [6.45, 7) is 5.15. The first kappa shape index (κ1) is 18.5. The van der Waals surface area contributed by atoms with E-state index in [0.717, 1.165) is 31.5 Å². The minimum atomic E-state index is -0.129. The average Bonchev–Trinajstić information content (AvgIpc) is 3.16. The zero-order valence-electron chi connectivity index (χ0n) is 15.1. The van der Waals surface area contributed by atoms with Crippen LogP contribution in [0, 0.1) is 0 Å². The van der Waals surface area contributed by atoms with E-state index in [9.17, 15) is 4.79 Å². The maximum atomic E-state index is 11.4. The Morgan fingerprint density at radius 2 is 2.15 bits per heavy atom. The summed E-state index contributed by atoms with van der Waals surface area (Å²) in [6.07, 6.45) is 2.18. The molecule has 0 N–H and O–H groups in total. The second kappa shape index (κ2) is 9.45. The third kappa shape index (κ3) is 4.89. The minimum absolute atomic E-state index is 0.0451. The Morgan fingerprint density at radius 1 is 1.31 bits per heavy atom. The van der Waals surface area contributed by atoms with E-state index < -0.39 is 0 Å². The molecule has 1 aromatic carbocycles. The summed E-state index contributed by atoms with van der Waals surface area (Å²) < 4.78 is 16.1. The number of carbonyl (C=O) groups is 1. The molecule has 0 bridgehead atoms. The van der Waals surface area contributed by atoms with Crippen molar-refractivity contribution in [2.24, 2.45) is 0 Å². The van der Waals surface area contributed by atoms with Gasteiger partial charge in [-0.3, -0.25) is 9.69 Å². The number of ether oxygens (including phenoxy) is 2. The van der Waals surface area contributed by atoms with Crippen LogP contribution in [0.5, 0.6) is 0 Å². The highest BCUT2D eigenvalue weighted by Gasteiger charge is 2.29. The number of hydrogen-bond donors (Lipinski definition) is 0. The topological polar surface area (TPSA) is 77.7 Å². The number of benzene rings is 1. The van der Waals surface area contributed by atoms with Gasteiger partial charge in [0.1, 0.15) is 6.04 Å². The molecule has 0 amide bonds. The monoisotopic (exact) mass is 359 g/mol. The Bertz CT molecular complexity index is 689. The quantitative estimate of drug-likeness (QED) is 0.530. The summed E-state index contributed by atoms with van der Waals surface area (Å²) >= 11 is 0. The van der Waals surface area contributed by atoms with E-state index in [4.69, 9.17) is 14.0 Å². The van der Waals surface area contributed by atoms with Gasteiger partial charge in [-0.2, -0.15) is 4.98 Å². The van der Waals surface area contributed by atoms with E-state index in [1.165, 1.54) is 0 Å². The van der Waals surface area contributed by atoms with Gasteiger partial charge in [-0.1, -0.05) is 35.5 Å². The number of aromatic nitrogens is 2. The predicted molar refractivity (Wildman–Crippen MR) is 95.4 cm³/mol. The summed E-state index contributed by atoms with van der Waals surface area (Å²) in [5.41, 5.74) is 0.931. The molecule has 1 fully saturated rings. The van der Waals surface area contributed by atoms with Crippen molar-refractivity contribution in [3.8, 4) is 11.4 Å². The molecule has 140 valence electrons. The summed E-state index contributed by atoms with van der Waals surface area (Å²) in [7, 11) is 0. The first-order valence-electron chi connectivity index (χ1n) is 9.14. The van der Waals surface area contributed by atoms with Crippen molar-refractivity contribution in [1.82, 2.24) is 15.0 Å². The maximum Gasteiger partial charge on any atom is 0.305 e. The molecule has 1 aliphatic rings. The first-order chi connectivity index (χ1) is 12.8. The van der Waals surface area contributed by atoms with Crippen LogP contribution in [0.25, 0.3) is 11.4 Å². The van der Waals surface area contributed by atoms with Gasteiger partial charge in [0.25, 0.3) is 0 Å². The molecule has 1 atom stereocenters. The Hall–Kier alpha value is -2.25. The summed E-state index contributed by atoms with van der Waals surface area (Å²) in [6, 6.07) is 9.72. The van der Waals surface area contributed by atoms with Crippen LogP contribution in [0.2, 0.25) is 0 Å². The van der Waals surface area contributed by atoms with Gasteiger partial charge in [0.15, 0.2) is 0 Å². The number of esters is 1. The molecule has 2 heterocycles. The van der Waals surface area contributed by atoms with Gasteiger partial charge in [0.2, 0.25) is 11.7 Å². The molecule has 7 nitrogen and oxygen atoms in total. The van der Waals surface area contributed by atoms with E-state index in [1.807, 2.05) is 37.3 Å². The number of hydrogen-bond acceptors (Lipinski definition) is 7. The molecule has 0 spiro atoms. The highest BCUT2D eigenvalue weighted by molar-refractivity contribution is 5.69. The van der Waals surface area contributed by atoms with Crippen molar-refractivity contribution in [3.63, 3.8) is 0 Å². The van der Waals surface area contributed by atoms with Crippen molar-refractivity contribution in [1.29, 1.82) is 0 Å². The molecule has 26 heavy (non-hydrogen) atoms. The number of carbonyl (C=O) groups excluding carboxylic acids is 1. The second-order valence-corrected chi connectivity index (χ2v) is 6.21. The largest absolute Gasteiger partial charge is 0.466 e. The molecule has 2 aromatic rings. The van der Waals surface area contributed by atoms with Crippen LogP contribution in [0.15, 0.2) is 34.9 Å². The lowest BCUT2D eigenvalue weighted by Gasteiger charge is -2.33. The third-order valence-electron chi connectivity index (χ3n) is 4.38. The van der Waals surface area contributed by atoms with Gasteiger partial charge >= 0.3 is 5.97 Å². The fourth-order valence-corrected chi connectivity index (χ4v) is 3.03. The molecule has 0 radical (unpaired) electrons. The van der Waals surface area contributed by atoms with E-state index >= 15 is 0 Å². The zero-order valence-corrected chi connectivity index (χ0v) is 15.1. The van der Waals surface area contributed by atoms with Crippen LogP contribution in [-0.2, 0) is 14.3 Å². The molecule has 1 aliphatic heterocycles. The molecule has 7 heteroatoms. The summed E-state index contributed by atoms with van der Waals surface area (Å²) in [5.74, 6) is 1.04. The highest BCUT2D eigenvalue weighted by atomic mass is 16.5. The van der Waals surface area contributed by atoms with Crippen LogP contribution in [0.3, 0.4) is 0 Å². The zero-order chi connectivity index (χ0) is 18.2. The van der Waals surface area contributed by atoms with Crippen molar-refractivity contribution in [2.75, 3.05) is 32.9 Å². The number of nitrogens with zero attached hydrogens (tertiary/aromatic N) is 3. The first-order valence-corrected chi connectivity index (χ1v) is 9.14. The van der Waals surface area contributed by atoms with Crippen LogP contribution in [-0.4, -0.2) is 53.9 Å². The van der Waals surface area contributed by atoms with Gasteiger partial charge in [0.05, 0.1) is 19.8 Å². The summed E-state index contributed by atoms with van der Waals surface area (Å²) in [5, 5.41) is 4.11. The minimum Gasteiger partial charge on any atom is -0.466 e. The summed E-state index contributed by atoms with van der Waals surface area (Å²) in [4.78, 5) is 18.3. The molecular formula is C19H25N3O4. The van der Waals surface area contributed by atoms with Crippen LogP contribution < -0.4 is 0 Å². The van der Waals surface area contributed by atoms with E-state index in [-0.39, 0.29) is 12.0 Å². The SMILES string of the molecule is CCOC(=O)CCCCN1CCOC[C@H]1c1nc(-c2ccccc2)no1. The number of morpholine rings is 1. The van der Waals surface area contributed by atoms with Crippen LogP contribution in [0.1, 0.15) is 38.1 Å². The predicted octanol–water partition coefficient (Wildman–Crippen LogP) is 2.84. The Labute approximate surface area is 153 Å². The van der Waals surface area contributed by atoms with Crippen molar-refractivity contribution in [3.05, 3.63) is 36.2 Å². The molecular weight excluding hydrogens is 334 g/mol. The normalized spacial score (nSPS) is 18.0. The van der Waals surface area contributed by atoms with Gasteiger partial charge in [0, 0.05) is 18.5 Å². The van der Waals surface area contributed by atoms with Crippen molar-refractivity contribution < 1.29 is 18.8 Å². The second-order valence-electron chi connectivity index (χ2n) is 6.21. The van der Waals surface area contributed by atoms with Gasteiger partial charge in [-0.25, -0.2) is 0 Å². The number of unbranched alkanes of at least 4 members (excludes halogenated alkanes) is 1. The van der Waals surface area contributed by atoms with Crippen molar-refractivity contribution >= 4 is 5.97 Å². The van der Waals surface area contributed by atoms with E-state index in [0.29, 0.717) is 38.0 Å². The van der Waals surface area contributed by atoms with Crippen LogP contribution in [0.4, 0.5) is 0 Å². The standard InChI is InChI=1S/C19H25N3O4/c1-2-25-17(23)10-6-7-11-22-12-13-24-14-16(22)19-20-18(21-26-19)15-8-4-3-5-9-15/h3-5,8-9,16H,2,6-7,10-14H2,1H3/t16-/m0/s1. The van der Waals surface area contributed by atoms with Gasteiger partial charge < -0.3 is 14.0 Å². The Morgan fingerprint density at radius 3 is 2.96 bits per heavy atom.